The number of aliphatic carboxylic acids is 1. The summed E-state index contributed by atoms with van der Waals surface area (Å²) >= 11 is 0. The van der Waals surface area contributed by atoms with Gasteiger partial charge < -0.3 is 15.7 Å². The standard InChI is InChI=1S/C13H26N2O3/c1-6-8-12(3,4)15-11(18)14-9-13(5,7-2)10(16)17/h6-9H2,1-5H3,(H,16,17)(H2,14,15,18). The molecule has 0 saturated carbocycles. The van der Waals surface area contributed by atoms with Gasteiger partial charge in [-0.25, -0.2) is 4.79 Å². The largest absolute Gasteiger partial charge is 0.481 e. The monoisotopic (exact) mass is 258 g/mol. The molecule has 0 aromatic rings. The molecule has 0 aliphatic carbocycles. The zero-order valence-corrected chi connectivity index (χ0v) is 12.1. The first kappa shape index (κ1) is 16.7. The molecule has 106 valence electrons. The van der Waals surface area contributed by atoms with E-state index in [-0.39, 0.29) is 18.1 Å². The van der Waals surface area contributed by atoms with E-state index in [0.717, 1.165) is 12.8 Å². The van der Waals surface area contributed by atoms with Gasteiger partial charge in [-0.05, 0) is 33.6 Å². The highest BCUT2D eigenvalue weighted by atomic mass is 16.4. The van der Waals surface area contributed by atoms with E-state index in [9.17, 15) is 9.59 Å². The first-order valence-corrected chi connectivity index (χ1v) is 6.46. The Kier molecular flexibility index (Phi) is 6.15. The molecule has 0 aliphatic heterocycles. The summed E-state index contributed by atoms with van der Waals surface area (Å²) in [7, 11) is 0. The number of carboxylic acids is 1. The Balaban J connectivity index is 4.30. The van der Waals surface area contributed by atoms with Gasteiger partial charge in [-0.1, -0.05) is 20.3 Å². The molecule has 2 amide bonds. The number of carboxylic acid groups (broad SMARTS) is 1. The van der Waals surface area contributed by atoms with E-state index < -0.39 is 11.4 Å². The molecule has 5 heteroatoms. The maximum atomic E-state index is 11.7. The molecule has 1 atom stereocenters. The summed E-state index contributed by atoms with van der Waals surface area (Å²) in [5.74, 6) is -0.891. The van der Waals surface area contributed by atoms with Crippen molar-refractivity contribution < 1.29 is 14.7 Å². The van der Waals surface area contributed by atoms with Crippen LogP contribution in [-0.4, -0.2) is 29.2 Å². The predicted octanol–water partition coefficient (Wildman–Crippen LogP) is 2.37. The van der Waals surface area contributed by atoms with Crippen LogP contribution in [0.25, 0.3) is 0 Å². The third kappa shape index (κ3) is 5.38. The van der Waals surface area contributed by atoms with Crippen molar-refractivity contribution in [1.29, 1.82) is 0 Å². The highest BCUT2D eigenvalue weighted by Gasteiger charge is 2.31. The summed E-state index contributed by atoms with van der Waals surface area (Å²) in [5.41, 5.74) is -1.18. The van der Waals surface area contributed by atoms with Crippen LogP contribution in [0.2, 0.25) is 0 Å². The van der Waals surface area contributed by atoms with Crippen LogP contribution in [0.15, 0.2) is 0 Å². The minimum absolute atomic E-state index is 0.132. The summed E-state index contributed by atoms with van der Waals surface area (Å²) in [5, 5.41) is 14.6. The minimum Gasteiger partial charge on any atom is -0.481 e. The van der Waals surface area contributed by atoms with Crippen molar-refractivity contribution in [3.63, 3.8) is 0 Å². The first-order valence-electron chi connectivity index (χ1n) is 6.46. The van der Waals surface area contributed by atoms with Crippen LogP contribution in [-0.2, 0) is 4.79 Å². The third-order valence-electron chi connectivity index (χ3n) is 3.26. The van der Waals surface area contributed by atoms with Gasteiger partial charge in [-0.3, -0.25) is 4.79 Å². The van der Waals surface area contributed by atoms with Gasteiger partial charge in [0.05, 0.1) is 5.41 Å². The van der Waals surface area contributed by atoms with E-state index in [4.69, 9.17) is 5.11 Å². The molecule has 1 unspecified atom stereocenters. The molecular weight excluding hydrogens is 232 g/mol. The fraction of sp³-hybridized carbons (Fsp3) is 0.846. The van der Waals surface area contributed by atoms with Gasteiger partial charge in [0, 0.05) is 12.1 Å². The molecule has 0 aromatic carbocycles. The van der Waals surface area contributed by atoms with Crippen LogP contribution in [0.3, 0.4) is 0 Å². The van der Waals surface area contributed by atoms with Gasteiger partial charge in [-0.2, -0.15) is 0 Å². The Morgan fingerprint density at radius 2 is 1.72 bits per heavy atom. The molecule has 0 rings (SSSR count). The molecule has 3 N–H and O–H groups in total. The van der Waals surface area contributed by atoms with Gasteiger partial charge in [0.2, 0.25) is 0 Å². The maximum Gasteiger partial charge on any atom is 0.315 e. The van der Waals surface area contributed by atoms with E-state index in [2.05, 4.69) is 17.6 Å². The molecule has 0 spiro atoms. The Labute approximate surface area is 109 Å². The smallest absolute Gasteiger partial charge is 0.315 e. The lowest BCUT2D eigenvalue weighted by Crippen LogP contribution is -2.51. The van der Waals surface area contributed by atoms with Crippen molar-refractivity contribution in [3.8, 4) is 0 Å². The lowest BCUT2D eigenvalue weighted by molar-refractivity contribution is -0.147. The second-order valence-electron chi connectivity index (χ2n) is 5.66. The van der Waals surface area contributed by atoms with E-state index >= 15 is 0 Å². The quantitative estimate of drug-likeness (QED) is 0.656. The average molecular weight is 258 g/mol. The predicted molar refractivity (Wildman–Crippen MR) is 71.6 cm³/mol. The Morgan fingerprint density at radius 1 is 1.17 bits per heavy atom. The molecule has 0 radical (unpaired) electrons. The van der Waals surface area contributed by atoms with Crippen molar-refractivity contribution in [2.45, 2.75) is 59.4 Å². The summed E-state index contributed by atoms with van der Waals surface area (Å²) in [4.78, 5) is 22.8. The summed E-state index contributed by atoms with van der Waals surface area (Å²) < 4.78 is 0. The summed E-state index contributed by atoms with van der Waals surface area (Å²) in [6, 6.07) is -0.311. The summed E-state index contributed by atoms with van der Waals surface area (Å²) in [6.45, 7) is 9.52. The van der Waals surface area contributed by atoms with Gasteiger partial charge in [0.1, 0.15) is 0 Å². The van der Waals surface area contributed by atoms with E-state index in [0.29, 0.717) is 6.42 Å². The first-order chi connectivity index (χ1) is 8.17. The maximum absolute atomic E-state index is 11.7. The normalized spacial score (nSPS) is 14.7. The molecule has 0 aromatic heterocycles. The number of urea groups is 1. The van der Waals surface area contributed by atoms with E-state index in [1.165, 1.54) is 0 Å². The number of nitrogens with one attached hydrogen (secondary N) is 2. The van der Waals surface area contributed by atoms with Gasteiger partial charge in [0.25, 0.3) is 0 Å². The average Bonchev–Trinajstić information content (AvgIpc) is 2.24. The van der Waals surface area contributed by atoms with Crippen LogP contribution in [0.4, 0.5) is 4.79 Å². The highest BCUT2D eigenvalue weighted by molar-refractivity contribution is 5.78. The van der Waals surface area contributed by atoms with E-state index in [1.54, 1.807) is 13.8 Å². The van der Waals surface area contributed by atoms with Crippen LogP contribution in [0.5, 0.6) is 0 Å². The number of amides is 2. The topological polar surface area (TPSA) is 78.4 Å². The lowest BCUT2D eigenvalue weighted by Gasteiger charge is -2.28. The van der Waals surface area contributed by atoms with Crippen LogP contribution in [0.1, 0.15) is 53.9 Å². The molecule has 0 heterocycles. The molecule has 0 saturated heterocycles. The molecule has 0 bridgehead atoms. The number of hydrogen-bond donors (Lipinski definition) is 3. The van der Waals surface area contributed by atoms with Crippen LogP contribution in [0, 0.1) is 5.41 Å². The molecule has 5 nitrogen and oxygen atoms in total. The van der Waals surface area contributed by atoms with Crippen molar-refractivity contribution in [3.05, 3.63) is 0 Å². The number of hydrogen-bond acceptors (Lipinski definition) is 2. The van der Waals surface area contributed by atoms with Crippen LogP contribution >= 0.6 is 0 Å². The minimum atomic E-state index is -0.910. The van der Waals surface area contributed by atoms with Gasteiger partial charge in [-0.15, -0.1) is 0 Å². The fourth-order valence-corrected chi connectivity index (χ4v) is 1.67. The summed E-state index contributed by atoms with van der Waals surface area (Å²) in [6.07, 6.45) is 2.33. The van der Waals surface area contributed by atoms with Gasteiger partial charge >= 0.3 is 12.0 Å². The number of carbonyl (C=O) groups excluding carboxylic acids is 1. The second kappa shape index (κ2) is 6.61. The van der Waals surface area contributed by atoms with Crippen molar-refractivity contribution >= 4 is 12.0 Å². The molecule has 18 heavy (non-hydrogen) atoms. The fourth-order valence-electron chi connectivity index (χ4n) is 1.67. The van der Waals surface area contributed by atoms with Crippen molar-refractivity contribution in [2.75, 3.05) is 6.54 Å². The zero-order chi connectivity index (χ0) is 14.4. The van der Waals surface area contributed by atoms with Gasteiger partial charge in [0.15, 0.2) is 0 Å². The van der Waals surface area contributed by atoms with Crippen molar-refractivity contribution in [2.24, 2.45) is 5.41 Å². The third-order valence-corrected chi connectivity index (χ3v) is 3.26. The molecule has 0 fully saturated rings. The second-order valence-corrected chi connectivity index (χ2v) is 5.66. The Hall–Kier alpha value is -1.26. The molecular formula is C13H26N2O3. The zero-order valence-electron chi connectivity index (χ0n) is 12.1. The van der Waals surface area contributed by atoms with Crippen LogP contribution < -0.4 is 10.6 Å². The Bertz CT molecular complexity index is 303. The molecule has 0 aliphatic rings. The highest BCUT2D eigenvalue weighted by Crippen LogP contribution is 2.19. The number of carbonyl (C=O) groups is 2. The SMILES string of the molecule is CCCC(C)(C)NC(=O)NCC(C)(CC)C(=O)O. The number of rotatable bonds is 7. The Morgan fingerprint density at radius 3 is 2.11 bits per heavy atom. The lowest BCUT2D eigenvalue weighted by atomic mass is 9.88. The van der Waals surface area contributed by atoms with Crippen molar-refractivity contribution in [1.82, 2.24) is 10.6 Å². The van der Waals surface area contributed by atoms with E-state index in [1.807, 2.05) is 13.8 Å².